The quantitative estimate of drug-likeness (QED) is 0.467. The van der Waals surface area contributed by atoms with Crippen molar-refractivity contribution in [1.82, 2.24) is 5.43 Å². The van der Waals surface area contributed by atoms with E-state index in [1.165, 1.54) is 0 Å². The Balaban J connectivity index is 3.87. The van der Waals surface area contributed by atoms with E-state index in [9.17, 15) is 0 Å². The van der Waals surface area contributed by atoms with Crippen molar-refractivity contribution in [3.63, 3.8) is 0 Å². The molecule has 1 N–H and O–H groups in total. The van der Waals surface area contributed by atoms with Crippen LogP contribution in [0.4, 0.5) is 0 Å². The van der Waals surface area contributed by atoms with Gasteiger partial charge in [-0.05, 0) is 27.7 Å². The molecule has 0 spiro atoms. The van der Waals surface area contributed by atoms with Crippen molar-refractivity contribution < 1.29 is 4.59 Å². The first-order valence-corrected chi connectivity index (χ1v) is 3.97. The SMILES string of the molecule is CC(C)N[N+](C)(C)C(C)C. The minimum absolute atomic E-state index is 0.553. The van der Waals surface area contributed by atoms with Crippen LogP contribution < -0.4 is 5.43 Å². The Bertz CT molecular complexity index is 95.4. The Morgan fingerprint density at radius 2 is 1.40 bits per heavy atom. The summed E-state index contributed by atoms with van der Waals surface area (Å²) in [7, 11) is 4.37. The molecule has 0 unspecified atom stereocenters. The van der Waals surface area contributed by atoms with E-state index in [2.05, 4.69) is 47.2 Å². The minimum Gasteiger partial charge on any atom is -0.248 e. The van der Waals surface area contributed by atoms with Gasteiger partial charge in [0.15, 0.2) is 0 Å². The van der Waals surface area contributed by atoms with Crippen molar-refractivity contribution in [2.45, 2.75) is 39.8 Å². The second-order valence-electron chi connectivity index (χ2n) is 3.92. The number of nitrogens with one attached hydrogen (secondary N) is 1. The lowest BCUT2D eigenvalue weighted by Crippen LogP contribution is -2.58. The second-order valence-corrected chi connectivity index (χ2v) is 3.92. The number of rotatable bonds is 3. The lowest BCUT2D eigenvalue weighted by molar-refractivity contribution is -0.956. The molecule has 10 heavy (non-hydrogen) atoms. The standard InChI is InChI=1S/C8H21N2/c1-7(2)9-10(5,6)8(3)4/h7-9H,1-6H3/q+1. The van der Waals surface area contributed by atoms with E-state index >= 15 is 0 Å². The van der Waals surface area contributed by atoms with Crippen LogP contribution in [0.2, 0.25) is 0 Å². The topological polar surface area (TPSA) is 12.0 Å². The first kappa shape index (κ1) is 9.92. The van der Waals surface area contributed by atoms with Gasteiger partial charge in [-0.3, -0.25) is 0 Å². The summed E-state index contributed by atoms with van der Waals surface area (Å²) in [4.78, 5) is 0. The Morgan fingerprint density at radius 1 is 1.00 bits per heavy atom. The molecule has 0 aliphatic heterocycles. The summed E-state index contributed by atoms with van der Waals surface area (Å²) in [6.07, 6.45) is 0. The first-order chi connectivity index (χ1) is 4.36. The zero-order valence-electron chi connectivity index (χ0n) is 8.10. The van der Waals surface area contributed by atoms with Gasteiger partial charge in [-0.15, -0.1) is 0 Å². The molecule has 0 bridgehead atoms. The van der Waals surface area contributed by atoms with E-state index < -0.39 is 0 Å². The lowest BCUT2D eigenvalue weighted by Gasteiger charge is -2.35. The summed E-state index contributed by atoms with van der Waals surface area (Å²) in [5.41, 5.74) is 3.46. The molecule has 62 valence electrons. The molecule has 0 aromatic carbocycles. The van der Waals surface area contributed by atoms with Crippen molar-refractivity contribution in [1.29, 1.82) is 0 Å². The fraction of sp³-hybridized carbons (Fsp3) is 1.00. The van der Waals surface area contributed by atoms with Crippen LogP contribution in [0.1, 0.15) is 27.7 Å². The van der Waals surface area contributed by atoms with Crippen molar-refractivity contribution in [2.75, 3.05) is 14.1 Å². The molecule has 0 aliphatic carbocycles. The average Bonchev–Trinajstić information content (AvgIpc) is 1.60. The summed E-state index contributed by atoms with van der Waals surface area (Å²) in [5, 5.41) is 0. The van der Waals surface area contributed by atoms with Crippen LogP contribution in [-0.4, -0.2) is 30.8 Å². The third kappa shape index (κ3) is 3.18. The highest BCUT2D eigenvalue weighted by Gasteiger charge is 2.20. The van der Waals surface area contributed by atoms with Crippen LogP contribution in [0.5, 0.6) is 0 Å². The summed E-state index contributed by atoms with van der Waals surface area (Å²) in [6.45, 7) is 8.77. The van der Waals surface area contributed by atoms with Gasteiger partial charge in [0.05, 0.1) is 14.1 Å². The molecule has 0 radical (unpaired) electrons. The van der Waals surface area contributed by atoms with Crippen LogP contribution in [0, 0.1) is 0 Å². The molecule has 0 atom stereocenters. The average molecular weight is 145 g/mol. The van der Waals surface area contributed by atoms with E-state index in [4.69, 9.17) is 0 Å². The summed E-state index contributed by atoms with van der Waals surface area (Å²) in [5.74, 6) is 0. The maximum absolute atomic E-state index is 3.46. The number of quaternary nitrogens is 1. The highest BCUT2D eigenvalue weighted by Crippen LogP contribution is 2.01. The van der Waals surface area contributed by atoms with Crippen molar-refractivity contribution in [3.05, 3.63) is 0 Å². The van der Waals surface area contributed by atoms with Gasteiger partial charge >= 0.3 is 0 Å². The predicted molar refractivity (Wildman–Crippen MR) is 45.5 cm³/mol. The van der Waals surface area contributed by atoms with Crippen LogP contribution in [-0.2, 0) is 0 Å². The van der Waals surface area contributed by atoms with E-state index in [1.54, 1.807) is 0 Å². The largest absolute Gasteiger partial charge is 0.248 e. The van der Waals surface area contributed by atoms with Crippen LogP contribution in [0.25, 0.3) is 0 Å². The van der Waals surface area contributed by atoms with Gasteiger partial charge in [0, 0.05) is 6.04 Å². The van der Waals surface area contributed by atoms with Gasteiger partial charge in [0.1, 0.15) is 6.04 Å². The molecule has 0 aromatic rings. The molecule has 0 amide bonds. The Labute approximate surface area is 64.8 Å². The zero-order chi connectivity index (χ0) is 8.36. The Hall–Kier alpha value is -0.0800. The van der Waals surface area contributed by atoms with Gasteiger partial charge < -0.3 is 0 Å². The maximum Gasteiger partial charge on any atom is 0.100 e. The van der Waals surface area contributed by atoms with E-state index in [0.29, 0.717) is 12.1 Å². The van der Waals surface area contributed by atoms with Gasteiger partial charge in [0.2, 0.25) is 0 Å². The number of nitrogens with zero attached hydrogens (tertiary/aromatic N) is 1. The highest BCUT2D eigenvalue weighted by atomic mass is 15.6. The first-order valence-electron chi connectivity index (χ1n) is 3.97. The highest BCUT2D eigenvalue weighted by molar-refractivity contribution is 4.43. The second kappa shape index (κ2) is 3.35. The van der Waals surface area contributed by atoms with Crippen LogP contribution in [0.3, 0.4) is 0 Å². The summed E-state index contributed by atoms with van der Waals surface area (Å²) < 4.78 is 0.887. The van der Waals surface area contributed by atoms with Gasteiger partial charge in [-0.2, -0.15) is 5.43 Å². The molecular formula is C8H21N2+. The van der Waals surface area contributed by atoms with Crippen molar-refractivity contribution in [3.8, 4) is 0 Å². The molecule has 0 saturated carbocycles. The molecule has 0 rings (SSSR count). The van der Waals surface area contributed by atoms with Crippen molar-refractivity contribution in [2.24, 2.45) is 0 Å². The van der Waals surface area contributed by atoms with Gasteiger partial charge in [0.25, 0.3) is 0 Å². The van der Waals surface area contributed by atoms with Crippen LogP contribution >= 0.6 is 0 Å². The minimum atomic E-state index is 0.553. The van der Waals surface area contributed by atoms with Gasteiger partial charge in [-0.25, -0.2) is 4.59 Å². The molecule has 0 saturated heterocycles. The molecule has 0 aliphatic rings. The summed E-state index contributed by atoms with van der Waals surface area (Å²) in [6, 6.07) is 1.18. The third-order valence-corrected chi connectivity index (χ3v) is 1.88. The lowest BCUT2D eigenvalue weighted by atomic mass is 10.3. The smallest absolute Gasteiger partial charge is 0.100 e. The monoisotopic (exact) mass is 145 g/mol. The number of hydrogen-bond donors (Lipinski definition) is 1. The van der Waals surface area contributed by atoms with Gasteiger partial charge in [-0.1, -0.05) is 0 Å². The molecular weight excluding hydrogens is 124 g/mol. The zero-order valence-corrected chi connectivity index (χ0v) is 8.10. The number of hydrogen-bond acceptors (Lipinski definition) is 1. The fourth-order valence-corrected chi connectivity index (χ4v) is 0.815. The maximum atomic E-state index is 3.46. The summed E-state index contributed by atoms with van der Waals surface area (Å²) >= 11 is 0. The van der Waals surface area contributed by atoms with Crippen LogP contribution in [0.15, 0.2) is 0 Å². The molecule has 0 fully saturated rings. The predicted octanol–water partition coefficient (Wildman–Crippen LogP) is 1.38. The molecule has 2 heteroatoms. The molecule has 2 nitrogen and oxygen atoms in total. The van der Waals surface area contributed by atoms with E-state index in [1.807, 2.05) is 0 Å². The van der Waals surface area contributed by atoms with E-state index in [-0.39, 0.29) is 0 Å². The van der Waals surface area contributed by atoms with Crippen molar-refractivity contribution >= 4 is 0 Å². The Morgan fingerprint density at radius 3 is 1.50 bits per heavy atom. The molecule has 0 heterocycles. The third-order valence-electron chi connectivity index (χ3n) is 1.88. The Kier molecular flexibility index (Phi) is 3.33. The molecule has 0 aromatic heterocycles. The normalized spacial score (nSPS) is 13.2. The fourth-order valence-electron chi connectivity index (χ4n) is 0.815. The van der Waals surface area contributed by atoms with E-state index in [0.717, 1.165) is 4.59 Å².